The van der Waals surface area contributed by atoms with E-state index in [1.54, 1.807) is 14.0 Å². The van der Waals surface area contributed by atoms with Crippen LogP contribution in [-0.4, -0.2) is 41.9 Å². The highest BCUT2D eigenvalue weighted by atomic mass is 16.5. The molecule has 276 valence electrons. The first-order chi connectivity index (χ1) is 28.3. The number of rotatable bonds is 5. The fraction of sp³-hybridized carbons (Fsp3) is 0.164. The molecule has 6 aromatic carbocycles. The largest absolute Gasteiger partial charge is 0.377 e. The van der Waals surface area contributed by atoms with Gasteiger partial charge in [0.1, 0.15) is 30.3 Å². The Kier molecular flexibility index (Phi) is 9.07. The molecule has 0 bridgehead atoms. The minimum absolute atomic E-state index is 0.119. The molecule has 1 saturated carbocycles. The zero-order valence-electron chi connectivity index (χ0n) is 32.8. The molecule has 0 radical (unpaired) electrons. The predicted octanol–water partition coefficient (Wildman–Crippen LogP) is 8.73. The van der Waals surface area contributed by atoms with Gasteiger partial charge >= 0.3 is 0 Å². The van der Waals surface area contributed by atoms with Gasteiger partial charge in [-0.15, -0.1) is 12.8 Å². The molecule has 2 unspecified atom stereocenters. The molecule has 0 saturated heterocycles. The molecule has 1 fully saturated rings. The van der Waals surface area contributed by atoms with Crippen LogP contribution in [0.5, 0.6) is 0 Å². The van der Waals surface area contributed by atoms with Gasteiger partial charge < -0.3 is 4.74 Å². The average Bonchev–Trinajstić information content (AvgIpc) is 3.79. The van der Waals surface area contributed by atoms with Crippen molar-refractivity contribution < 1.29 is 14.1 Å². The van der Waals surface area contributed by atoms with Crippen LogP contribution in [0.4, 0.5) is 0 Å². The summed E-state index contributed by atoms with van der Waals surface area (Å²) in [5.74, 6) is 18.6. The van der Waals surface area contributed by atoms with Crippen LogP contribution in [0.15, 0.2) is 133 Å². The second-order valence-electron chi connectivity index (χ2n) is 15.4. The number of carbonyl (C=O) groups is 1. The monoisotopic (exact) mass is 746 g/mol. The SMILES string of the molecule is C#Cc1ccc(C#Cc2ccc3c(c2)C2(c4cc(C#Cc5ccc(C#C)cc5)ccc4-3)C(C(C)=O)C2(COC)[N+]2=C(c3ccc(C)cc3)c3ccccc3CC2)cc1. The van der Waals surface area contributed by atoms with Crippen molar-refractivity contribution in [2.45, 2.75) is 31.2 Å². The van der Waals surface area contributed by atoms with Crippen LogP contribution in [-0.2, 0) is 21.4 Å². The fourth-order valence-electron chi connectivity index (χ4n) is 9.78. The minimum atomic E-state index is -0.768. The molecular formula is C55H40NO2+. The zero-order chi connectivity index (χ0) is 40.0. The number of terminal acetylenes is 2. The van der Waals surface area contributed by atoms with Gasteiger partial charge in [-0.2, -0.15) is 0 Å². The first-order valence-electron chi connectivity index (χ1n) is 19.6. The molecule has 0 aromatic heterocycles. The van der Waals surface area contributed by atoms with E-state index < -0.39 is 16.9 Å². The van der Waals surface area contributed by atoms with E-state index >= 15 is 0 Å². The van der Waals surface area contributed by atoms with Gasteiger partial charge in [0.15, 0.2) is 0 Å². The molecule has 9 rings (SSSR count). The van der Waals surface area contributed by atoms with Gasteiger partial charge in [-0.1, -0.05) is 83.6 Å². The first kappa shape index (κ1) is 36.5. The molecule has 1 heterocycles. The van der Waals surface area contributed by atoms with Crippen LogP contribution in [0, 0.1) is 61.2 Å². The van der Waals surface area contributed by atoms with E-state index in [9.17, 15) is 4.79 Å². The van der Waals surface area contributed by atoms with Crippen molar-refractivity contribution in [2.75, 3.05) is 20.3 Å². The van der Waals surface area contributed by atoms with Crippen molar-refractivity contribution in [3.8, 4) is 59.5 Å². The summed E-state index contributed by atoms with van der Waals surface area (Å²) in [7, 11) is 1.76. The van der Waals surface area contributed by atoms with Gasteiger partial charge in [0.2, 0.25) is 11.3 Å². The number of hydrogen-bond acceptors (Lipinski definition) is 2. The van der Waals surface area contributed by atoms with Crippen molar-refractivity contribution in [3.63, 3.8) is 0 Å². The molecule has 1 spiro atoms. The summed E-state index contributed by atoms with van der Waals surface area (Å²) < 4.78 is 8.86. The number of nitrogens with zero attached hydrogens (tertiary/aromatic N) is 1. The van der Waals surface area contributed by atoms with Crippen LogP contribution in [0.3, 0.4) is 0 Å². The van der Waals surface area contributed by atoms with E-state index in [4.69, 9.17) is 17.6 Å². The summed E-state index contributed by atoms with van der Waals surface area (Å²) in [5, 5.41) is 0. The number of Topliss-reactive ketones (excluding diaryl/α,β-unsaturated/α-hetero) is 1. The molecular weight excluding hydrogens is 707 g/mol. The molecule has 2 atom stereocenters. The van der Waals surface area contributed by atoms with Crippen LogP contribution in [0.2, 0.25) is 0 Å². The second-order valence-corrected chi connectivity index (χ2v) is 15.4. The topological polar surface area (TPSA) is 29.3 Å². The van der Waals surface area contributed by atoms with Crippen LogP contribution >= 0.6 is 0 Å². The summed E-state index contributed by atoms with van der Waals surface area (Å²) in [6.07, 6.45) is 12.1. The van der Waals surface area contributed by atoms with Crippen molar-refractivity contribution in [3.05, 3.63) is 200 Å². The van der Waals surface area contributed by atoms with E-state index in [2.05, 4.69) is 132 Å². The Bertz CT molecular complexity index is 2780. The molecule has 58 heavy (non-hydrogen) atoms. The molecule has 3 aliphatic rings. The third-order valence-electron chi connectivity index (χ3n) is 12.2. The smallest absolute Gasteiger partial charge is 0.215 e. The summed E-state index contributed by atoms with van der Waals surface area (Å²) in [6, 6.07) is 45.8. The molecule has 0 N–H and O–H groups in total. The summed E-state index contributed by atoms with van der Waals surface area (Å²) in [4.78, 5) is 14.6. The predicted molar refractivity (Wildman–Crippen MR) is 232 cm³/mol. The van der Waals surface area contributed by atoms with Crippen molar-refractivity contribution >= 4 is 11.5 Å². The van der Waals surface area contributed by atoms with Crippen LogP contribution in [0.25, 0.3) is 11.1 Å². The van der Waals surface area contributed by atoms with Gasteiger partial charge in [0.25, 0.3) is 0 Å². The number of fused-ring (bicyclic) bond motifs is 6. The van der Waals surface area contributed by atoms with Gasteiger partial charge in [0.05, 0.1) is 0 Å². The lowest BCUT2D eigenvalue weighted by molar-refractivity contribution is -0.590. The van der Waals surface area contributed by atoms with E-state index in [1.807, 2.05) is 48.5 Å². The van der Waals surface area contributed by atoms with Gasteiger partial charge in [-0.25, -0.2) is 4.58 Å². The number of benzene rings is 6. The van der Waals surface area contributed by atoms with E-state index in [0.717, 1.165) is 79.9 Å². The minimum Gasteiger partial charge on any atom is -0.377 e. The number of carbonyl (C=O) groups excluding carboxylic acids is 1. The van der Waals surface area contributed by atoms with Gasteiger partial charge in [-0.3, -0.25) is 4.79 Å². The Balaban J connectivity index is 1.31. The fourth-order valence-corrected chi connectivity index (χ4v) is 9.78. The van der Waals surface area contributed by atoms with Gasteiger partial charge in [-0.05, 0) is 133 Å². The standard InChI is InChI=1S/C55H40NO2/c1-6-39-14-18-41(19-15-39)22-24-43-26-30-48-49-31-27-44(25-23-42-20-16-40(7-2)17-21-42)35-51(49)55(50(48)34-43)53(38(4)57)54(55,36-58-5)56-33-32-45-10-8-9-11-47(45)52(56)46-28-12-37(3)13-29-46/h1-2,8-21,26-31,34-35,53H,32-33,36H2,3-5H3/q+1. The second kappa shape index (κ2) is 14.4. The van der Waals surface area contributed by atoms with E-state index in [-0.39, 0.29) is 5.78 Å². The average molecular weight is 747 g/mol. The summed E-state index contributed by atoms with van der Waals surface area (Å²) >= 11 is 0. The Morgan fingerprint density at radius 3 is 1.69 bits per heavy atom. The number of methoxy groups -OCH3 is 1. The van der Waals surface area contributed by atoms with E-state index in [1.165, 1.54) is 16.7 Å². The lowest BCUT2D eigenvalue weighted by Crippen LogP contribution is -2.47. The highest BCUT2D eigenvalue weighted by molar-refractivity contribution is 6.11. The number of ketones is 1. The maximum absolute atomic E-state index is 14.6. The normalized spacial score (nSPS) is 17.6. The number of hydrogen-bond donors (Lipinski definition) is 0. The van der Waals surface area contributed by atoms with Crippen molar-refractivity contribution in [2.24, 2.45) is 5.92 Å². The maximum Gasteiger partial charge on any atom is 0.215 e. The Labute approximate surface area is 341 Å². The zero-order valence-corrected chi connectivity index (χ0v) is 32.8. The van der Waals surface area contributed by atoms with Gasteiger partial charge in [0, 0.05) is 58.0 Å². The molecule has 3 heteroatoms. The maximum atomic E-state index is 14.6. The lowest BCUT2D eigenvalue weighted by atomic mass is 9.84. The Morgan fingerprint density at radius 2 is 1.17 bits per heavy atom. The summed E-state index contributed by atoms with van der Waals surface area (Å²) in [5.41, 5.74) is 13.9. The number of aryl methyl sites for hydroxylation is 1. The molecule has 1 aliphatic heterocycles. The van der Waals surface area contributed by atoms with Crippen LogP contribution < -0.4 is 0 Å². The lowest BCUT2D eigenvalue weighted by Gasteiger charge is -2.28. The van der Waals surface area contributed by atoms with Crippen molar-refractivity contribution in [1.82, 2.24) is 0 Å². The third-order valence-corrected chi connectivity index (χ3v) is 12.2. The summed E-state index contributed by atoms with van der Waals surface area (Å²) in [6.45, 7) is 4.92. The molecule has 6 aromatic rings. The first-order valence-corrected chi connectivity index (χ1v) is 19.6. The quantitative estimate of drug-likeness (QED) is 0.131. The third kappa shape index (κ3) is 5.72. The van der Waals surface area contributed by atoms with Crippen LogP contribution in [0.1, 0.15) is 73.7 Å². The van der Waals surface area contributed by atoms with E-state index in [0.29, 0.717) is 6.61 Å². The highest BCUT2D eigenvalue weighted by Gasteiger charge is 2.89. The van der Waals surface area contributed by atoms with Crippen molar-refractivity contribution in [1.29, 1.82) is 0 Å². The Morgan fingerprint density at radius 1 is 0.672 bits per heavy atom. The molecule has 2 aliphatic carbocycles. The molecule has 0 amide bonds. The number of ether oxygens (including phenoxy) is 1. The highest BCUT2D eigenvalue weighted by Crippen LogP contribution is 2.74. The Hall–Kier alpha value is -7.14. The molecule has 3 nitrogen and oxygen atoms in total.